The second-order valence-corrected chi connectivity index (χ2v) is 5.39. The van der Waals surface area contributed by atoms with Gasteiger partial charge in [0.05, 0.1) is 11.9 Å². The van der Waals surface area contributed by atoms with Crippen LogP contribution >= 0.6 is 23.5 Å². The molecule has 0 aromatic carbocycles. The number of hydrogen-bond donors (Lipinski definition) is 2. The molecule has 0 heterocycles. The molecule has 0 aliphatic rings. The molecule has 0 saturated carbocycles. The first-order valence-electron chi connectivity index (χ1n) is 5.27. The topological polar surface area (TPSA) is 132 Å². The minimum atomic E-state index is -1.16. The van der Waals surface area contributed by atoms with Gasteiger partial charge >= 0.3 is 19.5 Å². The first-order valence-corrected chi connectivity index (χ1v) is 8.06. The maximum atomic E-state index is 9.96. The molecule has 4 N–H and O–H groups in total. The van der Waals surface area contributed by atoms with Gasteiger partial charge < -0.3 is 31.3 Å². The molecule has 6 nitrogen and oxygen atoms in total. The largest absolute Gasteiger partial charge is 2.00 e. The van der Waals surface area contributed by atoms with Crippen molar-refractivity contribution in [3.63, 3.8) is 0 Å². The van der Waals surface area contributed by atoms with Crippen LogP contribution in [0.1, 0.15) is 12.8 Å². The van der Waals surface area contributed by atoms with Gasteiger partial charge in [0.1, 0.15) is 0 Å². The van der Waals surface area contributed by atoms with E-state index in [1.165, 1.54) is 0 Å². The summed E-state index contributed by atoms with van der Waals surface area (Å²) in [5.74, 6) is -0.780. The quantitative estimate of drug-likeness (QED) is 0.458. The number of nitrogens with two attached hydrogens (primary N) is 2. The fourth-order valence-corrected chi connectivity index (χ4v) is 1.70. The maximum absolute atomic E-state index is 9.96. The molecule has 0 aromatic rings. The summed E-state index contributed by atoms with van der Waals surface area (Å²) in [4.78, 5) is 19.9. The molecule has 0 fully saturated rings. The van der Waals surface area contributed by atoms with Crippen LogP contribution in [-0.4, -0.2) is 48.0 Å². The van der Waals surface area contributed by atoms with E-state index in [1.54, 1.807) is 23.5 Å². The van der Waals surface area contributed by atoms with Gasteiger partial charge in [0, 0.05) is 12.1 Å². The minimum absolute atomic E-state index is 0. The van der Waals surface area contributed by atoms with E-state index in [4.69, 9.17) is 11.5 Å². The Morgan fingerprint density at radius 1 is 0.947 bits per heavy atom. The van der Waals surface area contributed by atoms with Crippen molar-refractivity contribution in [1.29, 1.82) is 0 Å². The summed E-state index contributed by atoms with van der Waals surface area (Å²) in [6.07, 6.45) is 4.79. The van der Waals surface area contributed by atoms with E-state index >= 15 is 0 Å². The zero-order chi connectivity index (χ0) is 14.6. The average molecular weight is 362 g/mol. The smallest absolute Gasteiger partial charge is 0.548 e. The van der Waals surface area contributed by atoms with Gasteiger partial charge in [-0.2, -0.15) is 23.5 Å². The number of rotatable bonds is 8. The van der Waals surface area contributed by atoms with Crippen molar-refractivity contribution < 1.29 is 39.3 Å². The molecule has 0 radical (unpaired) electrons. The molecule has 0 spiro atoms. The van der Waals surface area contributed by atoms with E-state index in [9.17, 15) is 19.8 Å². The number of carboxylic acids is 2. The van der Waals surface area contributed by atoms with Crippen molar-refractivity contribution >= 4 is 35.5 Å². The first-order chi connectivity index (χ1) is 8.36. The van der Waals surface area contributed by atoms with Crippen molar-refractivity contribution in [3.05, 3.63) is 0 Å². The number of thioether (sulfide) groups is 2. The van der Waals surface area contributed by atoms with Crippen LogP contribution in [-0.2, 0) is 29.1 Å². The van der Waals surface area contributed by atoms with Crippen LogP contribution in [0.2, 0.25) is 0 Å². The van der Waals surface area contributed by atoms with Crippen molar-refractivity contribution in [1.82, 2.24) is 0 Å². The van der Waals surface area contributed by atoms with Crippen LogP contribution in [0.4, 0.5) is 0 Å². The Morgan fingerprint density at radius 3 is 1.37 bits per heavy atom. The summed E-state index contributed by atoms with van der Waals surface area (Å²) >= 11 is 3.15. The Morgan fingerprint density at radius 2 is 1.21 bits per heavy atom. The zero-order valence-corrected chi connectivity index (χ0v) is 15.9. The van der Waals surface area contributed by atoms with E-state index in [2.05, 4.69) is 0 Å². The van der Waals surface area contributed by atoms with Crippen LogP contribution in [0.5, 0.6) is 0 Å². The number of carbonyl (C=O) groups excluding carboxylic acids is 2. The van der Waals surface area contributed by atoms with Gasteiger partial charge in [-0.15, -0.1) is 0 Å². The average Bonchev–Trinajstić information content (AvgIpc) is 2.33. The second-order valence-electron chi connectivity index (χ2n) is 3.41. The van der Waals surface area contributed by atoms with Gasteiger partial charge in [0.15, 0.2) is 0 Å². The molecule has 9 heteroatoms. The van der Waals surface area contributed by atoms with Crippen molar-refractivity contribution in [2.45, 2.75) is 24.9 Å². The molecule has 0 aliphatic carbocycles. The van der Waals surface area contributed by atoms with Crippen LogP contribution in [0, 0.1) is 0 Å². The van der Waals surface area contributed by atoms with Crippen molar-refractivity contribution in [2.24, 2.45) is 11.5 Å². The normalized spacial score (nSPS) is 12.4. The van der Waals surface area contributed by atoms with E-state index in [-0.39, 0.29) is 19.5 Å². The predicted molar refractivity (Wildman–Crippen MR) is 72.0 cm³/mol. The first kappa shape index (κ1) is 24.2. The summed E-state index contributed by atoms with van der Waals surface area (Å²) in [5, 5.41) is 19.9. The van der Waals surface area contributed by atoms with E-state index in [1.807, 2.05) is 12.5 Å². The fourth-order valence-electron chi connectivity index (χ4n) is 0.725. The van der Waals surface area contributed by atoms with Gasteiger partial charge in [-0.1, -0.05) is 0 Å². The molecule has 0 amide bonds. The molecule has 0 rings (SSSR count). The standard InChI is InChI=1S/2C5H11NO2S.Zn/c2*1-9-3-2-4(6)5(7)8;/h2*4H,2-3,6H2,1H3,(H,7,8);/q;;+2/p-2. The number of hydrogen-bond acceptors (Lipinski definition) is 8. The SMILES string of the molecule is CSCCC(N)C(=O)[O-].CSCCC(N)C(=O)[O-].[Zn+2]. The number of aliphatic carboxylic acids is 2. The van der Waals surface area contributed by atoms with Crippen LogP contribution in [0.15, 0.2) is 0 Å². The van der Waals surface area contributed by atoms with E-state index in [0.29, 0.717) is 12.8 Å². The third kappa shape index (κ3) is 18.2. The number of carboxylic acid groups (broad SMARTS) is 2. The summed E-state index contributed by atoms with van der Waals surface area (Å²) in [6.45, 7) is 0. The van der Waals surface area contributed by atoms with Crippen molar-refractivity contribution in [3.8, 4) is 0 Å². The Bertz CT molecular complexity index is 224. The molecule has 0 saturated heterocycles. The van der Waals surface area contributed by atoms with Gasteiger partial charge in [-0.05, 0) is 36.9 Å². The Kier molecular flexibility index (Phi) is 20.7. The van der Waals surface area contributed by atoms with Gasteiger partial charge in [0.2, 0.25) is 0 Å². The third-order valence-corrected chi connectivity index (χ3v) is 3.16. The summed E-state index contributed by atoms with van der Waals surface area (Å²) < 4.78 is 0. The monoisotopic (exact) mass is 360 g/mol. The summed E-state index contributed by atoms with van der Waals surface area (Å²) in [7, 11) is 0. The molecule has 2 unspecified atom stereocenters. The Labute approximate surface area is 135 Å². The number of carbonyl (C=O) groups is 2. The summed E-state index contributed by atoms with van der Waals surface area (Å²) in [6, 6.07) is -1.59. The summed E-state index contributed by atoms with van der Waals surface area (Å²) in [5.41, 5.74) is 10.3. The van der Waals surface area contributed by atoms with Crippen LogP contribution < -0.4 is 21.7 Å². The molecule has 0 bridgehead atoms. The van der Waals surface area contributed by atoms with E-state index in [0.717, 1.165) is 11.5 Å². The van der Waals surface area contributed by atoms with Gasteiger partial charge in [0.25, 0.3) is 0 Å². The van der Waals surface area contributed by atoms with E-state index < -0.39 is 24.0 Å². The molecule has 0 aliphatic heterocycles. The molecular weight excluding hydrogens is 342 g/mol. The van der Waals surface area contributed by atoms with Crippen LogP contribution in [0.25, 0.3) is 0 Å². The molecule has 0 aromatic heterocycles. The maximum Gasteiger partial charge on any atom is 2.00 e. The second kappa shape index (κ2) is 16.2. The Balaban J connectivity index is -0.000000256. The van der Waals surface area contributed by atoms with Crippen LogP contribution in [0.3, 0.4) is 0 Å². The Hall–Kier alpha value is 0.183. The molecular formula is C10H20N2O4S2Zn. The molecule has 19 heavy (non-hydrogen) atoms. The predicted octanol–water partition coefficient (Wildman–Crippen LogP) is -2.37. The molecule has 2 atom stereocenters. The van der Waals surface area contributed by atoms with Gasteiger partial charge in [-0.3, -0.25) is 0 Å². The fraction of sp³-hybridized carbons (Fsp3) is 0.800. The third-order valence-electron chi connectivity index (χ3n) is 1.87. The zero-order valence-electron chi connectivity index (χ0n) is 11.3. The van der Waals surface area contributed by atoms with Crippen molar-refractivity contribution in [2.75, 3.05) is 24.0 Å². The van der Waals surface area contributed by atoms with Gasteiger partial charge in [-0.25, -0.2) is 0 Å². The minimum Gasteiger partial charge on any atom is -0.548 e. The molecule has 108 valence electrons.